The fourth-order valence-corrected chi connectivity index (χ4v) is 23.8. The Morgan fingerprint density at radius 2 is 0.726 bits per heavy atom. The van der Waals surface area contributed by atoms with Gasteiger partial charge in [-0.1, -0.05) is 30.7 Å². The van der Waals surface area contributed by atoms with E-state index in [2.05, 4.69) is 80.1 Å². The minimum Gasteiger partial charge on any atom is -0.476 e. The smallest absolute Gasteiger partial charge is 0.333 e. The van der Waals surface area contributed by atoms with Crippen LogP contribution in [0.15, 0.2) is 68.6 Å². The summed E-state index contributed by atoms with van der Waals surface area (Å²) in [4.78, 5) is 50.0. The number of sulfonamides is 4. The molecular weight excluding hydrogens is 1690 g/mol. The lowest BCUT2D eigenvalue weighted by Crippen LogP contribution is -2.43. The number of aryl methyl sites for hydroxylation is 8. The third-order valence-electron chi connectivity index (χ3n) is 25.8. The summed E-state index contributed by atoms with van der Waals surface area (Å²) in [5, 5.41) is 46.4. The Hall–Kier alpha value is -10.5. The fraction of sp³-hybridized carbons (Fsp3) is 0.518. The number of anilines is 4. The van der Waals surface area contributed by atoms with E-state index in [4.69, 9.17) is 28.8 Å². The van der Waals surface area contributed by atoms with Crippen molar-refractivity contribution in [3.8, 4) is 23.5 Å². The van der Waals surface area contributed by atoms with Crippen molar-refractivity contribution >= 4 is 87.0 Å². The van der Waals surface area contributed by atoms with Crippen molar-refractivity contribution in [2.24, 2.45) is 11.3 Å². The quantitative estimate of drug-likeness (QED) is 0.0435. The molecule has 10 N–H and O–H groups in total. The average Bonchev–Trinajstić information content (AvgIpc) is 1.45. The number of aliphatic hydroxyl groups is 2. The van der Waals surface area contributed by atoms with Crippen molar-refractivity contribution in [1.29, 1.82) is 0 Å². The summed E-state index contributed by atoms with van der Waals surface area (Å²) >= 11 is 0. The third-order valence-corrected chi connectivity index (χ3v) is 31.1. The number of rotatable bonds is 16. The van der Waals surface area contributed by atoms with Gasteiger partial charge in [0.2, 0.25) is 29.9 Å². The zero-order valence-electron chi connectivity index (χ0n) is 68.3. The number of halogens is 2. The number of carbonyl (C=O) groups is 4. The molecule has 3 atom stereocenters. The first-order valence-electron chi connectivity index (χ1n) is 42.5. The molecule has 21 rings (SSSR count). The van der Waals surface area contributed by atoms with Crippen molar-refractivity contribution < 1.29 is 95.5 Å². The minimum atomic E-state index is -4.30. The zero-order valence-corrected chi connectivity index (χ0v) is 71.6. The molecule has 4 aliphatic heterocycles. The summed E-state index contributed by atoms with van der Waals surface area (Å²) in [6, 6.07) is 5.79. The van der Waals surface area contributed by atoms with Crippen LogP contribution in [0.1, 0.15) is 167 Å². The number of aromatic nitrogens is 8. The highest BCUT2D eigenvalue weighted by atomic mass is 32.2. The second-order valence-corrected chi connectivity index (χ2v) is 41.1. The SMILES string of the molecule is CC1(O)COc2c(S(=O)(=O)NC(=O)Nc3c4c(cc5c3CCC5)CCC4)cnn2C1.O=C(Nc1c2c(cc3c1CCC3)CCC2)NS(=O)(=O)c1cnn2c1OCC(C(F)F)C2.O=C(Nc1c2c(cc3c1CCC3)CCC2)NS(=O)(=O)c1cnn2c1OCC(OCCO)C2.O=C(Nc1c2c(cc3c1CCC3)CCC2)NS(=O)(=O)c1cnn2c1OCC1(CCC1)C2. The van der Waals surface area contributed by atoms with Crippen LogP contribution in [0.2, 0.25) is 0 Å². The van der Waals surface area contributed by atoms with Gasteiger partial charge in [0.1, 0.15) is 31.5 Å². The van der Waals surface area contributed by atoms with E-state index in [1.807, 2.05) is 4.72 Å². The molecule has 41 heteroatoms. The van der Waals surface area contributed by atoms with Gasteiger partial charge in [-0.15, -0.1) is 0 Å². The molecule has 13 aliphatic rings. The molecule has 35 nitrogen and oxygen atoms in total. The van der Waals surface area contributed by atoms with Crippen LogP contribution >= 0.6 is 0 Å². The molecule has 1 fully saturated rings. The molecule has 8 aromatic rings. The van der Waals surface area contributed by atoms with Crippen molar-refractivity contribution in [1.82, 2.24) is 58.0 Å². The van der Waals surface area contributed by atoms with Crippen LogP contribution in [0, 0.1) is 11.3 Å². The molecule has 8 heterocycles. The van der Waals surface area contributed by atoms with Gasteiger partial charge < -0.3 is 55.2 Å². The van der Waals surface area contributed by atoms with Crippen LogP contribution in [-0.2, 0) is 174 Å². The second kappa shape index (κ2) is 33.5. The van der Waals surface area contributed by atoms with Gasteiger partial charge in [0.15, 0.2) is 19.6 Å². The summed E-state index contributed by atoms with van der Waals surface area (Å²) in [5.41, 5.74) is 21.0. The summed E-state index contributed by atoms with van der Waals surface area (Å²) in [6.45, 7) is 2.76. The molecule has 0 bridgehead atoms. The molecule has 124 heavy (non-hydrogen) atoms. The van der Waals surface area contributed by atoms with Crippen molar-refractivity contribution in [2.45, 2.75) is 244 Å². The number of hydrogen-bond donors (Lipinski definition) is 10. The third kappa shape index (κ3) is 16.7. The number of ether oxygens (including phenoxy) is 5. The number of urea groups is 4. The van der Waals surface area contributed by atoms with E-state index in [9.17, 15) is 66.7 Å². The molecule has 3 unspecified atom stereocenters. The van der Waals surface area contributed by atoms with E-state index >= 15 is 0 Å². The first kappa shape index (κ1) is 84.4. The monoisotopic (exact) mass is 1790 g/mol. The number of hydrogen-bond acceptors (Lipinski definition) is 23. The van der Waals surface area contributed by atoms with Crippen LogP contribution in [-0.4, -0.2) is 165 Å². The van der Waals surface area contributed by atoms with Crippen molar-refractivity contribution in [2.75, 3.05) is 60.9 Å². The normalized spacial score (nSPS) is 20.2. The zero-order chi connectivity index (χ0) is 86.4. The number of amides is 8. The predicted octanol–water partition coefficient (Wildman–Crippen LogP) is 8.23. The topological polar surface area (TPSA) is 459 Å². The minimum absolute atomic E-state index is 0.0170. The summed E-state index contributed by atoms with van der Waals surface area (Å²) in [5.74, 6) is -0.904. The fourth-order valence-electron chi connectivity index (χ4n) is 19.9. The van der Waals surface area contributed by atoms with E-state index in [0.717, 1.165) is 257 Å². The maximum atomic E-state index is 13.0. The number of aliphatic hydroxyl groups excluding tert-OH is 1. The predicted molar refractivity (Wildman–Crippen MR) is 443 cm³/mol. The highest BCUT2D eigenvalue weighted by molar-refractivity contribution is 7.91. The molecule has 9 aliphatic carbocycles. The molecule has 1 spiro atoms. The van der Waals surface area contributed by atoms with Crippen molar-refractivity contribution in [3.63, 3.8) is 0 Å². The Morgan fingerprint density at radius 3 is 1.04 bits per heavy atom. The van der Waals surface area contributed by atoms with Gasteiger partial charge in [-0.3, -0.25) is 0 Å². The van der Waals surface area contributed by atoms with Gasteiger partial charge in [-0.2, -0.15) is 20.4 Å². The molecule has 0 radical (unpaired) electrons. The van der Waals surface area contributed by atoms with E-state index in [0.29, 0.717) is 19.7 Å². The number of alkyl halides is 2. The van der Waals surface area contributed by atoms with Crippen LogP contribution in [0.3, 0.4) is 0 Å². The summed E-state index contributed by atoms with van der Waals surface area (Å²) in [7, 11) is -16.8. The van der Waals surface area contributed by atoms with Crippen molar-refractivity contribution in [3.05, 3.63) is 138 Å². The lowest BCUT2D eigenvalue weighted by atomic mass is 9.69. The lowest BCUT2D eigenvalue weighted by molar-refractivity contribution is -0.0325. The Bertz CT molecular complexity index is 6010. The Morgan fingerprint density at radius 1 is 0.427 bits per heavy atom. The maximum Gasteiger partial charge on any atom is 0.333 e. The van der Waals surface area contributed by atoms with Gasteiger partial charge in [-0.25, -0.2) is 99.2 Å². The van der Waals surface area contributed by atoms with Gasteiger partial charge >= 0.3 is 24.1 Å². The average molecular weight is 1790 g/mol. The lowest BCUT2D eigenvalue weighted by Gasteiger charge is -2.44. The van der Waals surface area contributed by atoms with E-state index in [1.165, 1.54) is 66.5 Å². The molecule has 0 saturated heterocycles. The summed E-state index contributed by atoms with van der Waals surface area (Å²) < 4.78 is 170. The van der Waals surface area contributed by atoms with Crippen LogP contribution in [0.4, 0.5) is 50.7 Å². The maximum absolute atomic E-state index is 13.0. The number of nitrogens with zero attached hydrogens (tertiary/aromatic N) is 8. The molecule has 4 aromatic carbocycles. The number of benzene rings is 4. The van der Waals surface area contributed by atoms with E-state index < -0.39 is 82.2 Å². The van der Waals surface area contributed by atoms with Crippen LogP contribution in [0.5, 0.6) is 23.5 Å². The molecule has 662 valence electrons. The van der Waals surface area contributed by atoms with Gasteiger partial charge in [-0.05, 0) is 263 Å². The Labute approximate surface area is 714 Å². The van der Waals surface area contributed by atoms with Crippen LogP contribution in [0.25, 0.3) is 0 Å². The van der Waals surface area contributed by atoms with E-state index in [1.54, 1.807) is 11.6 Å². The highest BCUT2D eigenvalue weighted by Crippen LogP contribution is 2.48. The first-order chi connectivity index (χ1) is 59.5. The van der Waals surface area contributed by atoms with E-state index in [-0.39, 0.29) is 101 Å². The van der Waals surface area contributed by atoms with Crippen LogP contribution < -0.4 is 59.1 Å². The van der Waals surface area contributed by atoms with Gasteiger partial charge in [0.25, 0.3) is 40.1 Å². The molecular formula is C83H98F2N16O19S4. The van der Waals surface area contributed by atoms with Gasteiger partial charge in [0, 0.05) is 28.2 Å². The highest BCUT2D eigenvalue weighted by Gasteiger charge is 2.45. The number of carbonyl (C=O) groups excluding carboxylic acids is 4. The molecule has 1 saturated carbocycles. The summed E-state index contributed by atoms with van der Waals surface area (Å²) in [6.07, 6.45) is 28.2. The molecule has 4 aromatic heterocycles. The van der Waals surface area contributed by atoms with Gasteiger partial charge in [0.05, 0.1) is 76.7 Å². The Kier molecular flexibility index (Phi) is 22.8. The number of fused-ring (bicyclic) bond motifs is 12. The second-order valence-electron chi connectivity index (χ2n) is 34.5. The largest absolute Gasteiger partial charge is 0.476 e. The molecule has 8 amide bonds. The first-order valence-corrected chi connectivity index (χ1v) is 48.4. The number of nitrogens with one attached hydrogen (secondary N) is 8. The Balaban J connectivity index is 0.000000113. The standard InChI is InChI=1S/C22H26N4O4S.C21H26N4O6S.C20H22F2N4O4S.C20H24N4O5S/c27-21(24-19-16-6-1-4-14(16)10-15-5-2-7-17(15)19)25-31(28,29)18-11-23-26-12-22(8-3-9-22)13-30-20(18)26;26-7-8-30-15-11-25-20(31-12-15)18(10-22-25)32(28,29)24-21(27)23-19-16-5-1-3-13(16)9-14-4-2-6-17(14)19;21-18(22)13-9-26-19(30-10-13)16(8-23-26)31(28,29)25-20(27)24-17-14-5-1-3-11(14)7-12-4-2-6-15(12)17;1-20(26)10-24-18(29-11-20)16(9-21-24)30(27,28)23-19(25)22-17-14-6-2-4-12(14)8-13-5-3-7-15(13)17/h10-11H,1-9,12-13H2,(H2,24,25,27);9-10,15,26H,1-8,11-12H2,(H2,23,24,27);7-8,13,18H,1-6,9-10H2,(H2,24,25,27);8-9,26H,2-7,10-11H2,1H3,(H2,22,23,25).